The minimum atomic E-state index is -0.533. The van der Waals surface area contributed by atoms with Crippen molar-refractivity contribution >= 4 is 11.6 Å². The lowest BCUT2D eigenvalue weighted by atomic mass is 10.0. The summed E-state index contributed by atoms with van der Waals surface area (Å²) in [5, 5.41) is 9.99. The molecule has 0 heterocycles. The highest BCUT2D eigenvalue weighted by atomic mass is 35.5. The normalized spacial score (nSPS) is 12.7. The number of benzene rings is 1. The van der Waals surface area contributed by atoms with Crippen LogP contribution in [0, 0.1) is 5.82 Å². The van der Waals surface area contributed by atoms with Crippen molar-refractivity contribution in [3.8, 4) is 0 Å². The Morgan fingerprint density at radius 3 is 2.59 bits per heavy atom. The van der Waals surface area contributed by atoms with Gasteiger partial charge in [0.15, 0.2) is 0 Å². The van der Waals surface area contributed by atoms with Crippen LogP contribution >= 0.6 is 11.6 Å². The fraction of sp³-hybridized carbons (Fsp3) is 0.571. The van der Waals surface area contributed by atoms with Crippen LogP contribution in [-0.2, 0) is 0 Å². The Balaban J connectivity index is 2.36. The molecule has 17 heavy (non-hydrogen) atoms. The maximum absolute atomic E-state index is 12.9. The van der Waals surface area contributed by atoms with Crippen LogP contribution in [0.5, 0.6) is 0 Å². The highest BCUT2D eigenvalue weighted by molar-refractivity contribution is 6.30. The number of rotatable bonds is 7. The molecule has 1 rings (SSSR count). The van der Waals surface area contributed by atoms with Crippen LogP contribution in [-0.4, -0.2) is 5.11 Å². The molecule has 3 heteroatoms. The van der Waals surface area contributed by atoms with Gasteiger partial charge >= 0.3 is 0 Å². The molecule has 0 aliphatic rings. The Morgan fingerprint density at radius 1 is 1.24 bits per heavy atom. The van der Waals surface area contributed by atoms with E-state index in [1.807, 2.05) is 0 Å². The first kappa shape index (κ1) is 14.5. The molecule has 0 radical (unpaired) electrons. The summed E-state index contributed by atoms with van der Waals surface area (Å²) < 4.78 is 12.9. The topological polar surface area (TPSA) is 20.2 Å². The van der Waals surface area contributed by atoms with E-state index in [0.29, 0.717) is 12.0 Å². The molecule has 0 aliphatic heterocycles. The van der Waals surface area contributed by atoms with Gasteiger partial charge in [-0.1, -0.05) is 56.7 Å². The first-order valence-electron chi connectivity index (χ1n) is 6.28. The van der Waals surface area contributed by atoms with Gasteiger partial charge in [-0.2, -0.15) is 0 Å². The van der Waals surface area contributed by atoms with Crippen molar-refractivity contribution in [1.82, 2.24) is 0 Å². The summed E-state index contributed by atoms with van der Waals surface area (Å²) >= 11 is 5.67. The van der Waals surface area contributed by atoms with Crippen LogP contribution in [0.25, 0.3) is 0 Å². The van der Waals surface area contributed by atoms with Crippen molar-refractivity contribution in [3.05, 3.63) is 34.6 Å². The second kappa shape index (κ2) is 7.67. The van der Waals surface area contributed by atoms with Crippen LogP contribution in [0.1, 0.15) is 57.1 Å². The molecule has 0 fully saturated rings. The predicted molar refractivity (Wildman–Crippen MR) is 69.7 cm³/mol. The Hall–Kier alpha value is -0.600. The molecule has 1 aromatic carbocycles. The molecular weight excluding hydrogens is 239 g/mol. The molecule has 96 valence electrons. The van der Waals surface area contributed by atoms with Gasteiger partial charge in [0, 0.05) is 0 Å². The number of aliphatic hydroxyl groups is 1. The quantitative estimate of drug-likeness (QED) is 0.692. The van der Waals surface area contributed by atoms with E-state index in [-0.39, 0.29) is 5.02 Å². The molecule has 1 nitrogen and oxygen atoms in total. The average Bonchev–Trinajstić information content (AvgIpc) is 2.32. The molecule has 0 aromatic heterocycles. The van der Waals surface area contributed by atoms with Gasteiger partial charge in [-0.05, 0) is 24.1 Å². The maximum atomic E-state index is 12.9. The number of aliphatic hydroxyl groups excluding tert-OH is 1. The number of unbranched alkanes of at least 4 members (excludes halogenated alkanes) is 4. The SMILES string of the molecule is CCCCCCCC(O)c1ccc(F)c(Cl)c1. The lowest BCUT2D eigenvalue weighted by Gasteiger charge is -2.11. The Morgan fingerprint density at radius 2 is 1.94 bits per heavy atom. The molecule has 0 amide bonds. The number of hydrogen-bond acceptors (Lipinski definition) is 1. The van der Waals surface area contributed by atoms with Crippen LogP contribution in [0.2, 0.25) is 5.02 Å². The minimum Gasteiger partial charge on any atom is -0.388 e. The van der Waals surface area contributed by atoms with Gasteiger partial charge in [0.1, 0.15) is 5.82 Å². The van der Waals surface area contributed by atoms with Crippen LogP contribution in [0.4, 0.5) is 4.39 Å². The molecule has 0 saturated carbocycles. The number of hydrogen-bond donors (Lipinski definition) is 1. The zero-order chi connectivity index (χ0) is 12.7. The first-order valence-corrected chi connectivity index (χ1v) is 6.66. The van der Waals surface area contributed by atoms with E-state index >= 15 is 0 Å². The van der Waals surface area contributed by atoms with E-state index in [1.165, 1.54) is 31.4 Å². The summed E-state index contributed by atoms with van der Waals surface area (Å²) in [7, 11) is 0. The molecule has 0 bridgehead atoms. The molecule has 0 saturated heterocycles. The van der Waals surface area contributed by atoms with Gasteiger partial charge in [-0.15, -0.1) is 0 Å². The average molecular weight is 259 g/mol. The van der Waals surface area contributed by atoms with Crippen molar-refractivity contribution in [1.29, 1.82) is 0 Å². The summed E-state index contributed by atoms with van der Waals surface area (Å²) in [4.78, 5) is 0. The Bertz CT molecular complexity index is 341. The zero-order valence-corrected chi connectivity index (χ0v) is 11.0. The third-order valence-corrected chi connectivity index (χ3v) is 3.20. The van der Waals surface area contributed by atoms with Gasteiger partial charge in [0.2, 0.25) is 0 Å². The Labute approximate surface area is 108 Å². The third kappa shape index (κ3) is 5.05. The van der Waals surface area contributed by atoms with Gasteiger partial charge in [0.25, 0.3) is 0 Å². The summed E-state index contributed by atoms with van der Waals surface area (Å²) in [6.07, 6.45) is 6.00. The summed E-state index contributed by atoms with van der Waals surface area (Å²) in [5.74, 6) is -0.439. The molecule has 1 atom stereocenters. The van der Waals surface area contributed by atoms with E-state index in [9.17, 15) is 9.50 Å². The fourth-order valence-electron chi connectivity index (χ4n) is 1.83. The fourth-order valence-corrected chi connectivity index (χ4v) is 2.02. The van der Waals surface area contributed by atoms with Crippen LogP contribution < -0.4 is 0 Å². The first-order chi connectivity index (χ1) is 8.15. The minimum absolute atomic E-state index is 0.0764. The molecule has 1 N–H and O–H groups in total. The van der Waals surface area contributed by atoms with Gasteiger partial charge in [-0.3, -0.25) is 0 Å². The van der Waals surface area contributed by atoms with E-state index in [4.69, 9.17) is 11.6 Å². The lowest BCUT2D eigenvalue weighted by molar-refractivity contribution is 0.163. The molecule has 0 aliphatic carbocycles. The number of halogens is 2. The standard InChI is InChI=1S/C14H20ClFO/c1-2-3-4-5-6-7-14(17)11-8-9-13(16)12(15)10-11/h8-10,14,17H,2-7H2,1H3. The Kier molecular flexibility index (Phi) is 6.53. The second-order valence-corrected chi connectivity index (χ2v) is 4.80. The highest BCUT2D eigenvalue weighted by Gasteiger charge is 2.09. The van der Waals surface area contributed by atoms with Gasteiger partial charge in [0.05, 0.1) is 11.1 Å². The summed E-state index contributed by atoms with van der Waals surface area (Å²) in [6, 6.07) is 4.41. The zero-order valence-electron chi connectivity index (χ0n) is 10.3. The molecule has 0 spiro atoms. The highest BCUT2D eigenvalue weighted by Crippen LogP contribution is 2.24. The molecule has 1 unspecified atom stereocenters. The van der Waals surface area contributed by atoms with Crippen molar-refractivity contribution in [2.45, 2.75) is 51.6 Å². The van der Waals surface area contributed by atoms with Gasteiger partial charge < -0.3 is 5.11 Å². The second-order valence-electron chi connectivity index (χ2n) is 4.39. The molecule has 1 aromatic rings. The van der Waals surface area contributed by atoms with E-state index in [1.54, 1.807) is 6.07 Å². The van der Waals surface area contributed by atoms with E-state index in [2.05, 4.69) is 6.92 Å². The summed E-state index contributed by atoms with van der Waals surface area (Å²) in [6.45, 7) is 2.18. The predicted octanol–water partition coefficient (Wildman–Crippen LogP) is 4.87. The smallest absolute Gasteiger partial charge is 0.141 e. The largest absolute Gasteiger partial charge is 0.388 e. The maximum Gasteiger partial charge on any atom is 0.141 e. The van der Waals surface area contributed by atoms with Crippen molar-refractivity contribution < 1.29 is 9.50 Å². The van der Waals surface area contributed by atoms with Crippen LogP contribution in [0.3, 0.4) is 0 Å². The van der Waals surface area contributed by atoms with Crippen molar-refractivity contribution in [2.24, 2.45) is 0 Å². The van der Waals surface area contributed by atoms with Crippen molar-refractivity contribution in [3.63, 3.8) is 0 Å². The van der Waals surface area contributed by atoms with E-state index in [0.717, 1.165) is 12.8 Å². The lowest BCUT2D eigenvalue weighted by Crippen LogP contribution is -1.98. The molecular formula is C14H20ClFO. The van der Waals surface area contributed by atoms with Crippen LogP contribution in [0.15, 0.2) is 18.2 Å². The third-order valence-electron chi connectivity index (χ3n) is 2.91. The monoisotopic (exact) mass is 258 g/mol. The summed E-state index contributed by atoms with van der Waals surface area (Å²) in [5.41, 5.74) is 0.701. The van der Waals surface area contributed by atoms with E-state index < -0.39 is 11.9 Å². The van der Waals surface area contributed by atoms with Crippen molar-refractivity contribution in [2.75, 3.05) is 0 Å². The van der Waals surface area contributed by atoms with Gasteiger partial charge in [-0.25, -0.2) is 4.39 Å².